The van der Waals surface area contributed by atoms with Crippen molar-refractivity contribution in [2.24, 2.45) is 0 Å². The molecule has 3 aliphatic heterocycles. The number of fused-ring (bicyclic) bond motifs is 1. The van der Waals surface area contributed by atoms with Crippen molar-refractivity contribution in [1.29, 1.82) is 0 Å². The number of hydrogen-bond donors (Lipinski definition) is 1. The lowest BCUT2D eigenvalue weighted by atomic mass is 10.2. The molecule has 3 nitrogen and oxygen atoms in total. The normalized spacial score (nSPS) is 37.5. The Bertz CT molecular complexity index is 225. The van der Waals surface area contributed by atoms with E-state index < -0.39 is 0 Å². The van der Waals surface area contributed by atoms with Crippen molar-refractivity contribution in [3.63, 3.8) is 0 Å². The summed E-state index contributed by atoms with van der Waals surface area (Å²) in [5, 5.41) is 3.63. The largest absolute Gasteiger partial charge is 0.313 e. The van der Waals surface area contributed by atoms with Gasteiger partial charge in [0.05, 0.1) is 0 Å². The van der Waals surface area contributed by atoms with Gasteiger partial charge in [-0.1, -0.05) is 0 Å². The maximum absolute atomic E-state index is 3.63. The molecule has 2 atom stereocenters. The molecular formula is C13H25N3. The second kappa shape index (κ2) is 5.03. The van der Waals surface area contributed by atoms with Crippen molar-refractivity contribution < 1.29 is 0 Å². The third-order valence-corrected chi connectivity index (χ3v) is 4.53. The first-order valence-electron chi connectivity index (χ1n) is 7.11. The first-order chi connectivity index (χ1) is 7.92. The molecule has 0 radical (unpaired) electrons. The summed E-state index contributed by atoms with van der Waals surface area (Å²) in [6, 6.07) is 1.66. The van der Waals surface area contributed by atoms with Crippen LogP contribution in [-0.4, -0.2) is 61.2 Å². The Hall–Kier alpha value is -0.120. The van der Waals surface area contributed by atoms with Gasteiger partial charge in [-0.2, -0.15) is 0 Å². The predicted octanol–water partition coefficient (Wildman–Crippen LogP) is 0.909. The molecule has 3 heteroatoms. The SMILES string of the molecule is C1CNC(CN2CCCN3CCCC3C2)C1. The van der Waals surface area contributed by atoms with E-state index in [1.165, 1.54) is 71.4 Å². The zero-order chi connectivity index (χ0) is 10.8. The zero-order valence-corrected chi connectivity index (χ0v) is 10.3. The Morgan fingerprint density at radius 3 is 2.81 bits per heavy atom. The molecular weight excluding hydrogens is 198 g/mol. The lowest BCUT2D eigenvalue weighted by Gasteiger charge is -2.27. The van der Waals surface area contributed by atoms with Gasteiger partial charge in [0.25, 0.3) is 0 Å². The average Bonchev–Trinajstić information content (AvgIpc) is 2.88. The molecule has 0 aromatic heterocycles. The third-order valence-electron chi connectivity index (χ3n) is 4.53. The van der Waals surface area contributed by atoms with Gasteiger partial charge >= 0.3 is 0 Å². The molecule has 3 fully saturated rings. The number of hydrogen-bond acceptors (Lipinski definition) is 3. The quantitative estimate of drug-likeness (QED) is 0.751. The summed E-state index contributed by atoms with van der Waals surface area (Å²) in [6.45, 7) is 7.90. The Morgan fingerprint density at radius 1 is 1.00 bits per heavy atom. The van der Waals surface area contributed by atoms with Gasteiger partial charge in [-0.3, -0.25) is 4.90 Å². The van der Waals surface area contributed by atoms with E-state index in [0.29, 0.717) is 0 Å². The molecule has 16 heavy (non-hydrogen) atoms. The van der Waals surface area contributed by atoms with Gasteiger partial charge in [0.2, 0.25) is 0 Å². The fourth-order valence-corrected chi connectivity index (χ4v) is 3.67. The van der Waals surface area contributed by atoms with E-state index in [2.05, 4.69) is 15.1 Å². The van der Waals surface area contributed by atoms with Crippen molar-refractivity contribution in [1.82, 2.24) is 15.1 Å². The van der Waals surface area contributed by atoms with E-state index in [-0.39, 0.29) is 0 Å². The van der Waals surface area contributed by atoms with Crippen molar-refractivity contribution in [2.75, 3.05) is 39.3 Å². The Kier molecular flexibility index (Phi) is 3.46. The van der Waals surface area contributed by atoms with Gasteiger partial charge < -0.3 is 10.2 Å². The lowest BCUT2D eigenvalue weighted by Crippen LogP contribution is -2.42. The smallest absolute Gasteiger partial charge is 0.0223 e. The van der Waals surface area contributed by atoms with Crippen LogP contribution in [0, 0.1) is 0 Å². The minimum Gasteiger partial charge on any atom is -0.313 e. The highest BCUT2D eigenvalue weighted by Gasteiger charge is 2.29. The Balaban J connectivity index is 1.54. The molecule has 0 aromatic rings. The first-order valence-corrected chi connectivity index (χ1v) is 7.11. The molecule has 1 N–H and O–H groups in total. The molecule has 3 rings (SSSR count). The minimum absolute atomic E-state index is 0.785. The Morgan fingerprint density at radius 2 is 1.94 bits per heavy atom. The van der Waals surface area contributed by atoms with Gasteiger partial charge in [0.15, 0.2) is 0 Å². The van der Waals surface area contributed by atoms with E-state index in [0.717, 1.165) is 12.1 Å². The molecule has 0 amide bonds. The van der Waals surface area contributed by atoms with E-state index in [9.17, 15) is 0 Å². The molecule has 0 aromatic carbocycles. The summed E-state index contributed by atoms with van der Waals surface area (Å²) in [5.41, 5.74) is 0. The molecule has 3 aliphatic rings. The van der Waals surface area contributed by atoms with Crippen molar-refractivity contribution in [3.05, 3.63) is 0 Å². The molecule has 0 aliphatic carbocycles. The van der Waals surface area contributed by atoms with E-state index in [1.54, 1.807) is 0 Å². The van der Waals surface area contributed by atoms with Gasteiger partial charge in [0.1, 0.15) is 0 Å². The van der Waals surface area contributed by atoms with Crippen LogP contribution in [0.25, 0.3) is 0 Å². The maximum Gasteiger partial charge on any atom is 0.0223 e. The van der Waals surface area contributed by atoms with Crippen LogP contribution in [0.3, 0.4) is 0 Å². The number of nitrogens with zero attached hydrogens (tertiary/aromatic N) is 2. The second-order valence-corrected chi connectivity index (χ2v) is 5.74. The molecule has 0 spiro atoms. The van der Waals surface area contributed by atoms with Gasteiger partial charge in [-0.15, -0.1) is 0 Å². The zero-order valence-electron chi connectivity index (χ0n) is 10.3. The fourth-order valence-electron chi connectivity index (χ4n) is 3.67. The number of nitrogens with one attached hydrogen (secondary N) is 1. The highest BCUT2D eigenvalue weighted by molar-refractivity contribution is 4.87. The van der Waals surface area contributed by atoms with Crippen molar-refractivity contribution in [3.8, 4) is 0 Å². The minimum atomic E-state index is 0.785. The topological polar surface area (TPSA) is 18.5 Å². The van der Waals surface area contributed by atoms with Crippen LogP contribution in [0.2, 0.25) is 0 Å². The second-order valence-electron chi connectivity index (χ2n) is 5.74. The van der Waals surface area contributed by atoms with Crippen LogP contribution in [0.4, 0.5) is 0 Å². The monoisotopic (exact) mass is 223 g/mol. The van der Waals surface area contributed by atoms with Crippen LogP contribution in [-0.2, 0) is 0 Å². The molecule has 3 saturated heterocycles. The summed E-state index contributed by atoms with van der Waals surface area (Å²) in [5.74, 6) is 0. The summed E-state index contributed by atoms with van der Waals surface area (Å²) < 4.78 is 0. The average molecular weight is 223 g/mol. The Labute approximate surface area is 99.2 Å². The van der Waals surface area contributed by atoms with E-state index in [1.807, 2.05) is 0 Å². The number of rotatable bonds is 2. The molecule has 3 heterocycles. The highest BCUT2D eigenvalue weighted by atomic mass is 15.3. The third kappa shape index (κ3) is 2.41. The standard InChI is InChI=1S/C13H25N3/c1-4-12(14-6-1)10-15-7-3-9-16-8-2-5-13(16)11-15/h12-14H,1-11H2. The van der Waals surface area contributed by atoms with E-state index in [4.69, 9.17) is 0 Å². The molecule has 0 bridgehead atoms. The van der Waals surface area contributed by atoms with Crippen LogP contribution in [0.1, 0.15) is 32.1 Å². The predicted molar refractivity (Wildman–Crippen MR) is 66.7 cm³/mol. The fraction of sp³-hybridized carbons (Fsp3) is 1.00. The van der Waals surface area contributed by atoms with E-state index >= 15 is 0 Å². The van der Waals surface area contributed by atoms with Gasteiger partial charge in [-0.25, -0.2) is 0 Å². The lowest BCUT2D eigenvalue weighted by molar-refractivity contribution is 0.209. The van der Waals surface area contributed by atoms with Crippen LogP contribution >= 0.6 is 0 Å². The summed E-state index contributed by atoms with van der Waals surface area (Å²) in [7, 11) is 0. The first kappa shape index (κ1) is 11.0. The molecule has 2 unspecified atom stereocenters. The van der Waals surface area contributed by atoms with Crippen molar-refractivity contribution >= 4 is 0 Å². The summed E-state index contributed by atoms with van der Waals surface area (Å²) >= 11 is 0. The van der Waals surface area contributed by atoms with Gasteiger partial charge in [0, 0.05) is 25.2 Å². The summed E-state index contributed by atoms with van der Waals surface area (Å²) in [6.07, 6.45) is 7.02. The van der Waals surface area contributed by atoms with Crippen LogP contribution in [0.15, 0.2) is 0 Å². The van der Waals surface area contributed by atoms with Gasteiger partial charge in [-0.05, 0) is 58.3 Å². The van der Waals surface area contributed by atoms with Crippen LogP contribution < -0.4 is 5.32 Å². The molecule has 92 valence electrons. The highest BCUT2D eigenvalue weighted by Crippen LogP contribution is 2.21. The van der Waals surface area contributed by atoms with Crippen LogP contribution in [0.5, 0.6) is 0 Å². The van der Waals surface area contributed by atoms with Crippen molar-refractivity contribution in [2.45, 2.75) is 44.2 Å². The maximum atomic E-state index is 3.63. The molecule has 0 saturated carbocycles. The summed E-state index contributed by atoms with van der Waals surface area (Å²) in [4.78, 5) is 5.45.